The second-order valence-electron chi connectivity index (χ2n) is 8.36. The number of amides is 2. The maximum Gasteiger partial charge on any atom is 0.287 e. The maximum atomic E-state index is 12.5. The van der Waals surface area contributed by atoms with Gasteiger partial charge in [-0.1, -0.05) is 12.1 Å². The summed E-state index contributed by atoms with van der Waals surface area (Å²) in [5, 5.41) is 2.37. The van der Waals surface area contributed by atoms with Crippen molar-refractivity contribution in [3.8, 4) is 0 Å². The van der Waals surface area contributed by atoms with Gasteiger partial charge < -0.3 is 14.6 Å². The van der Waals surface area contributed by atoms with E-state index in [0.29, 0.717) is 5.56 Å². The van der Waals surface area contributed by atoms with Gasteiger partial charge in [-0.25, -0.2) is 13.1 Å². The van der Waals surface area contributed by atoms with E-state index in [4.69, 9.17) is 4.42 Å². The molecule has 0 spiro atoms. The third-order valence-electron chi connectivity index (χ3n) is 4.53. The molecular weight excluding hydrogens is 406 g/mol. The molecule has 0 atom stereocenters. The van der Waals surface area contributed by atoms with Crippen molar-refractivity contribution >= 4 is 21.8 Å². The third kappa shape index (κ3) is 5.48. The number of furan rings is 1. The predicted octanol–water partition coefficient (Wildman–Crippen LogP) is 2.52. The van der Waals surface area contributed by atoms with Crippen LogP contribution >= 0.6 is 0 Å². The van der Waals surface area contributed by atoms with Crippen molar-refractivity contribution in [3.05, 3.63) is 53.3 Å². The summed E-state index contributed by atoms with van der Waals surface area (Å²) >= 11 is 0. The van der Waals surface area contributed by atoms with E-state index in [1.807, 2.05) is 11.0 Å². The maximum absolute atomic E-state index is 12.5. The van der Waals surface area contributed by atoms with Crippen LogP contribution in [0, 0.1) is 0 Å². The van der Waals surface area contributed by atoms with Crippen molar-refractivity contribution in [1.29, 1.82) is 0 Å². The van der Waals surface area contributed by atoms with Gasteiger partial charge in [0.25, 0.3) is 21.8 Å². The Morgan fingerprint density at radius 1 is 1.10 bits per heavy atom. The quantitative estimate of drug-likeness (QED) is 0.728. The lowest BCUT2D eigenvalue weighted by atomic mass is 10.1. The number of benzene rings is 1. The van der Waals surface area contributed by atoms with Gasteiger partial charge >= 0.3 is 0 Å². The molecule has 2 N–H and O–H groups in total. The van der Waals surface area contributed by atoms with Crippen LogP contribution in [0.1, 0.15) is 60.1 Å². The highest BCUT2D eigenvalue weighted by molar-refractivity contribution is 7.89. The van der Waals surface area contributed by atoms with E-state index in [-0.39, 0.29) is 23.3 Å². The lowest BCUT2D eigenvalue weighted by Gasteiger charge is -2.18. The second kappa shape index (κ2) is 8.61. The van der Waals surface area contributed by atoms with Crippen molar-refractivity contribution in [3.63, 3.8) is 0 Å². The predicted molar refractivity (Wildman–Crippen MR) is 112 cm³/mol. The van der Waals surface area contributed by atoms with E-state index >= 15 is 0 Å². The van der Waals surface area contributed by atoms with E-state index in [1.54, 1.807) is 39.0 Å². The lowest BCUT2D eigenvalue weighted by molar-refractivity contribution is 0.0792. The van der Waals surface area contributed by atoms with E-state index < -0.39 is 21.5 Å². The number of nitrogens with one attached hydrogen (secondary N) is 2. The minimum Gasteiger partial charge on any atom is -0.438 e. The fourth-order valence-electron chi connectivity index (χ4n) is 3.23. The van der Waals surface area contributed by atoms with Crippen molar-refractivity contribution in [2.24, 2.45) is 0 Å². The van der Waals surface area contributed by atoms with Crippen LogP contribution in [0.3, 0.4) is 0 Å². The van der Waals surface area contributed by atoms with Crippen molar-refractivity contribution in [1.82, 2.24) is 14.9 Å². The largest absolute Gasteiger partial charge is 0.438 e. The summed E-state index contributed by atoms with van der Waals surface area (Å²) in [4.78, 5) is 26.7. The molecule has 1 aromatic heterocycles. The molecule has 2 heterocycles. The zero-order valence-corrected chi connectivity index (χ0v) is 18.2. The highest BCUT2D eigenvalue weighted by Gasteiger charge is 2.26. The van der Waals surface area contributed by atoms with Crippen molar-refractivity contribution in [2.45, 2.75) is 50.8 Å². The first kappa shape index (κ1) is 22.0. The first-order valence-corrected chi connectivity index (χ1v) is 11.3. The van der Waals surface area contributed by atoms with Crippen LogP contribution in [0.5, 0.6) is 0 Å². The van der Waals surface area contributed by atoms with Crippen LogP contribution in [0.25, 0.3) is 0 Å². The van der Waals surface area contributed by atoms with Crippen LogP contribution in [0.4, 0.5) is 0 Å². The first-order chi connectivity index (χ1) is 14.0. The zero-order chi connectivity index (χ0) is 21.9. The molecule has 162 valence electrons. The number of sulfonamides is 1. The molecule has 8 nitrogen and oxygen atoms in total. The number of likely N-dealkylation sites (tertiary alicyclic amines) is 1. The van der Waals surface area contributed by atoms with E-state index in [9.17, 15) is 18.0 Å². The molecule has 1 fully saturated rings. The summed E-state index contributed by atoms with van der Waals surface area (Å²) in [6.45, 7) is 6.86. The molecule has 2 aromatic rings. The standard InChI is InChI=1S/C21H27N3O5S/c1-21(2,3)23-30(27,28)18-10-9-17(29-18)19(25)22-14-15-7-6-8-16(13-15)20(26)24-11-4-5-12-24/h6-10,13,23H,4-5,11-12,14H2,1-3H3,(H,22,25). The van der Waals surface area contributed by atoms with Crippen LogP contribution < -0.4 is 10.0 Å². The minimum atomic E-state index is -3.86. The van der Waals surface area contributed by atoms with Gasteiger partial charge in [0.15, 0.2) is 5.76 Å². The number of carbonyl (C=O) groups is 2. The van der Waals surface area contributed by atoms with Gasteiger partial charge in [0.05, 0.1) is 0 Å². The van der Waals surface area contributed by atoms with Gasteiger partial charge in [0, 0.05) is 30.7 Å². The molecule has 0 unspecified atom stereocenters. The highest BCUT2D eigenvalue weighted by atomic mass is 32.2. The first-order valence-electron chi connectivity index (χ1n) is 9.85. The summed E-state index contributed by atoms with van der Waals surface area (Å²) in [7, 11) is -3.86. The smallest absolute Gasteiger partial charge is 0.287 e. The summed E-state index contributed by atoms with van der Waals surface area (Å²) in [5.41, 5.74) is 0.677. The van der Waals surface area contributed by atoms with Crippen molar-refractivity contribution < 1.29 is 22.4 Å². The highest BCUT2D eigenvalue weighted by Crippen LogP contribution is 2.17. The molecule has 1 saturated heterocycles. The number of hydrogen-bond donors (Lipinski definition) is 2. The lowest BCUT2D eigenvalue weighted by Crippen LogP contribution is -2.40. The molecule has 0 bridgehead atoms. The molecule has 0 radical (unpaired) electrons. The molecule has 0 aliphatic carbocycles. The average Bonchev–Trinajstić information content (AvgIpc) is 3.36. The minimum absolute atomic E-state index is 0.00657. The number of hydrogen-bond acceptors (Lipinski definition) is 5. The van der Waals surface area contributed by atoms with Gasteiger partial charge in [0.1, 0.15) is 0 Å². The fourth-order valence-corrected chi connectivity index (χ4v) is 4.58. The Labute approximate surface area is 176 Å². The monoisotopic (exact) mass is 433 g/mol. The Morgan fingerprint density at radius 2 is 1.80 bits per heavy atom. The van der Waals surface area contributed by atoms with Gasteiger partial charge in [-0.05, 0) is 63.4 Å². The molecule has 1 aromatic carbocycles. The van der Waals surface area contributed by atoms with Crippen LogP contribution in [-0.2, 0) is 16.6 Å². The van der Waals surface area contributed by atoms with Crippen LogP contribution in [-0.4, -0.2) is 43.8 Å². The number of rotatable bonds is 6. The third-order valence-corrected chi connectivity index (χ3v) is 6.16. The Bertz CT molecular complexity index is 1030. The summed E-state index contributed by atoms with van der Waals surface area (Å²) in [6.07, 6.45) is 2.04. The van der Waals surface area contributed by atoms with Gasteiger partial charge in [0.2, 0.25) is 5.09 Å². The van der Waals surface area contributed by atoms with Crippen LogP contribution in [0.15, 0.2) is 45.9 Å². The Hall–Kier alpha value is -2.65. The molecule has 0 saturated carbocycles. The molecule has 1 aliphatic heterocycles. The van der Waals surface area contributed by atoms with Crippen molar-refractivity contribution in [2.75, 3.05) is 13.1 Å². The Kier molecular flexibility index (Phi) is 6.33. The summed E-state index contributed by atoms with van der Waals surface area (Å²) in [5.74, 6) is -0.648. The molecule has 3 rings (SSSR count). The van der Waals surface area contributed by atoms with Crippen LogP contribution in [0.2, 0.25) is 0 Å². The fraction of sp³-hybridized carbons (Fsp3) is 0.429. The normalized spacial score (nSPS) is 14.7. The number of carbonyl (C=O) groups excluding carboxylic acids is 2. The molecule has 1 aliphatic rings. The van der Waals surface area contributed by atoms with E-state index in [0.717, 1.165) is 31.5 Å². The van der Waals surface area contributed by atoms with Gasteiger partial charge in [-0.3, -0.25) is 9.59 Å². The molecule has 2 amide bonds. The summed E-state index contributed by atoms with van der Waals surface area (Å²) < 4.78 is 32.3. The summed E-state index contributed by atoms with van der Waals surface area (Å²) in [6, 6.07) is 9.68. The molecule has 9 heteroatoms. The Morgan fingerprint density at radius 3 is 2.47 bits per heavy atom. The van der Waals surface area contributed by atoms with Gasteiger partial charge in [-0.2, -0.15) is 0 Å². The van der Waals surface area contributed by atoms with E-state index in [1.165, 1.54) is 12.1 Å². The molecular formula is C21H27N3O5S. The second-order valence-corrected chi connectivity index (χ2v) is 9.97. The number of nitrogens with zero attached hydrogens (tertiary/aromatic N) is 1. The topological polar surface area (TPSA) is 109 Å². The average molecular weight is 434 g/mol. The zero-order valence-electron chi connectivity index (χ0n) is 17.4. The SMILES string of the molecule is CC(C)(C)NS(=O)(=O)c1ccc(C(=O)NCc2cccc(C(=O)N3CCCC3)c2)o1. The van der Waals surface area contributed by atoms with E-state index in [2.05, 4.69) is 10.0 Å². The Balaban J connectivity index is 1.63. The molecule has 30 heavy (non-hydrogen) atoms. The van der Waals surface area contributed by atoms with Gasteiger partial charge in [-0.15, -0.1) is 0 Å².